The molecule has 1 heterocycles. The largest absolute Gasteiger partial charge is 0.379 e. The van der Waals surface area contributed by atoms with Crippen molar-refractivity contribution in [1.82, 2.24) is 0 Å². The number of aryl methyl sites for hydroxylation is 1. The van der Waals surface area contributed by atoms with Crippen molar-refractivity contribution in [2.75, 3.05) is 5.32 Å². The summed E-state index contributed by atoms with van der Waals surface area (Å²) in [5.74, 6) is -0.380. The number of anilines is 1. The lowest BCUT2D eigenvalue weighted by Gasteiger charge is -2.08. The Labute approximate surface area is 118 Å². The van der Waals surface area contributed by atoms with Crippen LogP contribution < -0.4 is 11.1 Å². The summed E-state index contributed by atoms with van der Waals surface area (Å²) in [5.41, 5.74) is 8.03. The number of halogens is 1. The number of rotatable bonds is 4. The van der Waals surface area contributed by atoms with E-state index in [0.29, 0.717) is 12.1 Å². The van der Waals surface area contributed by atoms with Crippen LogP contribution in [0.1, 0.15) is 20.8 Å². The maximum atomic E-state index is 11.0. The third-order valence-corrected chi connectivity index (χ3v) is 4.14. The van der Waals surface area contributed by atoms with Gasteiger partial charge in [-0.05, 0) is 46.6 Å². The number of carbonyl (C=O) groups excluding carboxylic acids is 1. The molecule has 0 aliphatic carbocycles. The van der Waals surface area contributed by atoms with E-state index in [0.717, 1.165) is 15.0 Å². The highest BCUT2D eigenvalue weighted by atomic mass is 79.9. The molecule has 3 nitrogen and oxygen atoms in total. The van der Waals surface area contributed by atoms with Crippen LogP contribution in [0.15, 0.2) is 34.1 Å². The fourth-order valence-corrected chi connectivity index (χ4v) is 2.76. The van der Waals surface area contributed by atoms with Gasteiger partial charge < -0.3 is 11.1 Å². The Bertz CT molecular complexity index is 580. The van der Waals surface area contributed by atoms with Gasteiger partial charge in [-0.3, -0.25) is 4.79 Å². The molecule has 0 spiro atoms. The summed E-state index contributed by atoms with van der Waals surface area (Å²) in [5, 5.41) is 5.12. The molecule has 2 rings (SSSR count). The summed E-state index contributed by atoms with van der Waals surface area (Å²) in [4.78, 5) is 12.1. The van der Waals surface area contributed by atoms with E-state index < -0.39 is 0 Å². The van der Waals surface area contributed by atoms with Crippen molar-refractivity contribution in [2.24, 2.45) is 5.73 Å². The van der Waals surface area contributed by atoms with E-state index in [1.54, 1.807) is 5.38 Å². The molecule has 0 unspecified atom stereocenters. The van der Waals surface area contributed by atoms with Gasteiger partial charge in [0.2, 0.25) is 5.91 Å². The zero-order chi connectivity index (χ0) is 13.1. The number of hydrogen-bond donors (Lipinski definition) is 2. The molecule has 0 saturated heterocycles. The second kappa shape index (κ2) is 5.54. The minimum atomic E-state index is -0.380. The van der Waals surface area contributed by atoms with E-state index in [2.05, 4.69) is 27.3 Å². The van der Waals surface area contributed by atoms with E-state index in [1.165, 1.54) is 16.9 Å². The Hall–Kier alpha value is -1.33. The Kier molecular flexibility index (Phi) is 4.04. The molecule has 0 aliphatic rings. The molecule has 1 aromatic heterocycles. The molecule has 0 fully saturated rings. The standard InChI is InChI=1S/C13H13BrN2OS/c1-8-2-3-11(14)12(4-8)16-6-10-5-9(7-18-10)13(15)17/h2-5,7,16H,6H2,1H3,(H2,15,17). The number of primary amides is 1. The van der Waals surface area contributed by atoms with Crippen LogP contribution in [0.2, 0.25) is 0 Å². The highest BCUT2D eigenvalue weighted by Gasteiger charge is 2.05. The van der Waals surface area contributed by atoms with Crippen molar-refractivity contribution >= 4 is 38.9 Å². The topological polar surface area (TPSA) is 55.1 Å². The molecule has 5 heteroatoms. The van der Waals surface area contributed by atoms with Crippen molar-refractivity contribution in [2.45, 2.75) is 13.5 Å². The van der Waals surface area contributed by atoms with Gasteiger partial charge in [0.25, 0.3) is 0 Å². The van der Waals surface area contributed by atoms with E-state index in [9.17, 15) is 4.79 Å². The summed E-state index contributed by atoms with van der Waals surface area (Å²) >= 11 is 5.03. The molecule has 3 N–H and O–H groups in total. The van der Waals surface area contributed by atoms with Crippen LogP contribution in [-0.4, -0.2) is 5.91 Å². The zero-order valence-electron chi connectivity index (χ0n) is 9.87. The van der Waals surface area contributed by atoms with Gasteiger partial charge in [-0.2, -0.15) is 0 Å². The zero-order valence-corrected chi connectivity index (χ0v) is 12.3. The fraction of sp³-hybridized carbons (Fsp3) is 0.154. The molecule has 0 bridgehead atoms. The van der Waals surface area contributed by atoms with Crippen LogP contribution in [0.25, 0.3) is 0 Å². The normalized spacial score (nSPS) is 10.3. The lowest BCUT2D eigenvalue weighted by Crippen LogP contribution is -2.09. The predicted molar refractivity (Wildman–Crippen MR) is 79.0 cm³/mol. The molecule has 1 amide bonds. The Morgan fingerprint density at radius 2 is 2.22 bits per heavy atom. The second-order valence-electron chi connectivity index (χ2n) is 4.00. The number of benzene rings is 1. The molecular weight excluding hydrogens is 312 g/mol. The molecule has 94 valence electrons. The van der Waals surface area contributed by atoms with Crippen LogP contribution in [0, 0.1) is 6.92 Å². The second-order valence-corrected chi connectivity index (χ2v) is 5.85. The highest BCUT2D eigenvalue weighted by Crippen LogP contribution is 2.24. The average molecular weight is 325 g/mol. The first-order chi connectivity index (χ1) is 8.56. The van der Waals surface area contributed by atoms with Gasteiger partial charge in [-0.15, -0.1) is 11.3 Å². The molecule has 0 aliphatic heterocycles. The van der Waals surface area contributed by atoms with E-state index >= 15 is 0 Å². The monoisotopic (exact) mass is 324 g/mol. The summed E-state index contributed by atoms with van der Waals surface area (Å²) in [6, 6.07) is 7.96. The Balaban J connectivity index is 2.06. The minimum Gasteiger partial charge on any atom is -0.379 e. The van der Waals surface area contributed by atoms with Crippen LogP contribution in [0.4, 0.5) is 5.69 Å². The van der Waals surface area contributed by atoms with Gasteiger partial charge >= 0.3 is 0 Å². The van der Waals surface area contributed by atoms with Crippen molar-refractivity contribution in [1.29, 1.82) is 0 Å². The average Bonchev–Trinajstić information content (AvgIpc) is 2.79. The lowest BCUT2D eigenvalue weighted by molar-refractivity contribution is 0.100. The first-order valence-corrected chi connectivity index (χ1v) is 7.11. The van der Waals surface area contributed by atoms with Crippen LogP contribution >= 0.6 is 27.3 Å². The molecule has 0 radical (unpaired) electrons. The maximum Gasteiger partial charge on any atom is 0.249 e. The highest BCUT2D eigenvalue weighted by molar-refractivity contribution is 9.10. The lowest BCUT2D eigenvalue weighted by atomic mass is 10.2. The van der Waals surface area contributed by atoms with Gasteiger partial charge in [0, 0.05) is 27.0 Å². The minimum absolute atomic E-state index is 0.380. The van der Waals surface area contributed by atoms with Crippen molar-refractivity contribution < 1.29 is 4.79 Å². The molecule has 0 saturated carbocycles. The Morgan fingerprint density at radius 3 is 2.89 bits per heavy atom. The third-order valence-electron chi connectivity index (χ3n) is 2.51. The summed E-state index contributed by atoms with van der Waals surface area (Å²) < 4.78 is 1.03. The molecule has 2 aromatic rings. The molecular formula is C13H13BrN2OS. The SMILES string of the molecule is Cc1ccc(Br)c(NCc2cc(C(N)=O)cs2)c1. The smallest absolute Gasteiger partial charge is 0.249 e. The molecule has 0 atom stereocenters. The van der Waals surface area contributed by atoms with Crippen LogP contribution in [0.5, 0.6) is 0 Å². The fourth-order valence-electron chi connectivity index (χ4n) is 1.56. The van der Waals surface area contributed by atoms with Gasteiger partial charge in [0.1, 0.15) is 0 Å². The quantitative estimate of drug-likeness (QED) is 0.903. The van der Waals surface area contributed by atoms with Crippen LogP contribution in [0.3, 0.4) is 0 Å². The number of carbonyl (C=O) groups is 1. The van der Waals surface area contributed by atoms with Gasteiger partial charge in [0.05, 0.1) is 5.56 Å². The summed E-state index contributed by atoms with van der Waals surface area (Å²) in [7, 11) is 0. The molecule has 1 aromatic carbocycles. The number of nitrogens with two attached hydrogens (primary N) is 1. The van der Waals surface area contributed by atoms with Crippen molar-refractivity contribution in [3.8, 4) is 0 Å². The molecule has 18 heavy (non-hydrogen) atoms. The van der Waals surface area contributed by atoms with Gasteiger partial charge in [0.15, 0.2) is 0 Å². The first-order valence-electron chi connectivity index (χ1n) is 5.43. The Morgan fingerprint density at radius 1 is 1.44 bits per heavy atom. The van der Waals surface area contributed by atoms with Crippen LogP contribution in [-0.2, 0) is 6.54 Å². The van der Waals surface area contributed by atoms with E-state index in [4.69, 9.17) is 5.73 Å². The predicted octanol–water partition coefficient (Wildman–Crippen LogP) is 3.53. The van der Waals surface area contributed by atoms with Crippen molar-refractivity contribution in [3.63, 3.8) is 0 Å². The number of amides is 1. The maximum absolute atomic E-state index is 11.0. The summed E-state index contributed by atoms with van der Waals surface area (Å²) in [6.07, 6.45) is 0. The van der Waals surface area contributed by atoms with Gasteiger partial charge in [-0.25, -0.2) is 0 Å². The number of nitrogens with one attached hydrogen (secondary N) is 1. The van der Waals surface area contributed by atoms with Gasteiger partial charge in [-0.1, -0.05) is 6.07 Å². The van der Waals surface area contributed by atoms with E-state index in [1.807, 2.05) is 25.1 Å². The van der Waals surface area contributed by atoms with E-state index in [-0.39, 0.29) is 5.91 Å². The third kappa shape index (κ3) is 3.11. The number of hydrogen-bond acceptors (Lipinski definition) is 3. The number of thiophene rings is 1. The van der Waals surface area contributed by atoms with Crippen molar-refractivity contribution in [3.05, 3.63) is 50.1 Å². The summed E-state index contributed by atoms with van der Waals surface area (Å²) in [6.45, 7) is 2.73. The first kappa shape index (κ1) is 13.1.